The Kier molecular flexibility index (Phi) is 2.92. The summed E-state index contributed by atoms with van der Waals surface area (Å²) in [6.45, 7) is 5.32. The Morgan fingerprint density at radius 3 is 2.71 bits per heavy atom. The van der Waals surface area contributed by atoms with Crippen molar-refractivity contribution < 1.29 is 4.42 Å². The molecule has 0 aliphatic heterocycles. The van der Waals surface area contributed by atoms with E-state index in [1.165, 1.54) is 12.8 Å². The minimum Gasteiger partial charge on any atom is -0.465 e. The van der Waals surface area contributed by atoms with Crippen LogP contribution in [0.1, 0.15) is 38.2 Å². The molecule has 0 saturated heterocycles. The molecule has 0 atom stereocenters. The molecule has 0 aromatic carbocycles. The molecule has 1 heterocycles. The van der Waals surface area contributed by atoms with Gasteiger partial charge in [-0.3, -0.25) is 0 Å². The molecule has 1 aromatic heterocycles. The molecule has 0 spiro atoms. The molecule has 1 aliphatic rings. The molecule has 1 fully saturated rings. The minimum atomic E-state index is 0.672. The molecular weight excluding hydrogens is 174 g/mol. The van der Waals surface area contributed by atoms with Crippen molar-refractivity contribution in [3.63, 3.8) is 0 Å². The van der Waals surface area contributed by atoms with E-state index >= 15 is 0 Å². The zero-order valence-electron chi connectivity index (χ0n) is 9.05. The summed E-state index contributed by atoms with van der Waals surface area (Å²) in [4.78, 5) is 0. The molecule has 0 radical (unpaired) electrons. The number of hydrogen-bond acceptors (Lipinski definition) is 2. The highest BCUT2D eigenvalue weighted by Crippen LogP contribution is 2.20. The van der Waals surface area contributed by atoms with Gasteiger partial charge in [0.25, 0.3) is 0 Å². The highest BCUT2D eigenvalue weighted by Gasteiger charge is 2.20. The Morgan fingerprint density at radius 1 is 1.36 bits per heavy atom. The molecule has 14 heavy (non-hydrogen) atoms. The first-order valence-electron chi connectivity index (χ1n) is 5.55. The van der Waals surface area contributed by atoms with E-state index in [0.717, 1.165) is 30.5 Å². The second-order valence-corrected chi connectivity index (χ2v) is 4.62. The second kappa shape index (κ2) is 4.18. The smallest absolute Gasteiger partial charge is 0.117 e. The van der Waals surface area contributed by atoms with Gasteiger partial charge in [-0.2, -0.15) is 0 Å². The lowest BCUT2D eigenvalue weighted by atomic mass is 10.1. The maximum absolute atomic E-state index is 5.71. The average molecular weight is 193 g/mol. The normalized spacial score (nSPS) is 16.5. The number of nitrogens with one attached hydrogen (secondary N) is 1. The Morgan fingerprint density at radius 2 is 2.07 bits per heavy atom. The highest BCUT2D eigenvalue weighted by molar-refractivity contribution is 5.07. The minimum absolute atomic E-state index is 0.672. The largest absolute Gasteiger partial charge is 0.465 e. The standard InChI is InChI=1S/C12H19NO/c1-9(2)7-11-5-6-12(14-11)8-13-10-3-4-10/h5-6,9-10,13H,3-4,7-8H2,1-2H3. The molecule has 0 unspecified atom stereocenters. The van der Waals surface area contributed by atoms with Crippen LogP contribution in [0.3, 0.4) is 0 Å². The fourth-order valence-corrected chi connectivity index (χ4v) is 1.56. The van der Waals surface area contributed by atoms with E-state index in [4.69, 9.17) is 4.42 Å². The Balaban J connectivity index is 1.81. The first-order valence-corrected chi connectivity index (χ1v) is 5.55. The third-order valence-electron chi connectivity index (χ3n) is 2.47. The zero-order valence-corrected chi connectivity index (χ0v) is 9.05. The molecule has 1 saturated carbocycles. The summed E-state index contributed by atoms with van der Waals surface area (Å²) in [5.41, 5.74) is 0. The Labute approximate surface area is 85.7 Å². The van der Waals surface area contributed by atoms with Crippen molar-refractivity contribution >= 4 is 0 Å². The Hall–Kier alpha value is -0.760. The van der Waals surface area contributed by atoms with Gasteiger partial charge in [-0.05, 0) is 30.9 Å². The van der Waals surface area contributed by atoms with E-state index in [1.54, 1.807) is 0 Å². The monoisotopic (exact) mass is 193 g/mol. The van der Waals surface area contributed by atoms with Gasteiger partial charge in [-0.15, -0.1) is 0 Å². The Bertz CT molecular complexity index is 286. The van der Waals surface area contributed by atoms with E-state index in [9.17, 15) is 0 Å². The predicted octanol–water partition coefficient (Wildman–Crippen LogP) is 2.73. The molecule has 2 rings (SSSR count). The molecular formula is C12H19NO. The van der Waals surface area contributed by atoms with Crippen molar-refractivity contribution in [2.75, 3.05) is 0 Å². The van der Waals surface area contributed by atoms with Gasteiger partial charge in [0, 0.05) is 12.5 Å². The van der Waals surface area contributed by atoms with Crippen molar-refractivity contribution in [2.24, 2.45) is 5.92 Å². The van der Waals surface area contributed by atoms with E-state index in [2.05, 4.69) is 31.3 Å². The summed E-state index contributed by atoms with van der Waals surface area (Å²) in [7, 11) is 0. The zero-order chi connectivity index (χ0) is 9.97. The number of rotatable bonds is 5. The lowest BCUT2D eigenvalue weighted by molar-refractivity contribution is 0.426. The van der Waals surface area contributed by atoms with E-state index in [0.29, 0.717) is 5.92 Å². The van der Waals surface area contributed by atoms with E-state index in [1.807, 2.05) is 0 Å². The summed E-state index contributed by atoms with van der Waals surface area (Å²) in [6.07, 6.45) is 3.71. The van der Waals surface area contributed by atoms with Crippen LogP contribution < -0.4 is 5.32 Å². The molecule has 2 nitrogen and oxygen atoms in total. The quantitative estimate of drug-likeness (QED) is 0.777. The summed E-state index contributed by atoms with van der Waals surface area (Å²) in [5, 5.41) is 3.45. The summed E-state index contributed by atoms with van der Waals surface area (Å²) in [6, 6.07) is 4.95. The molecule has 2 heteroatoms. The van der Waals surface area contributed by atoms with Crippen molar-refractivity contribution in [1.29, 1.82) is 0 Å². The van der Waals surface area contributed by atoms with E-state index in [-0.39, 0.29) is 0 Å². The lowest BCUT2D eigenvalue weighted by Crippen LogP contribution is -2.14. The lowest BCUT2D eigenvalue weighted by Gasteiger charge is -2.01. The fraction of sp³-hybridized carbons (Fsp3) is 0.667. The molecule has 0 amide bonds. The van der Waals surface area contributed by atoms with Crippen LogP contribution in [0, 0.1) is 5.92 Å². The van der Waals surface area contributed by atoms with Gasteiger partial charge < -0.3 is 9.73 Å². The van der Waals surface area contributed by atoms with Gasteiger partial charge in [-0.1, -0.05) is 13.8 Å². The van der Waals surface area contributed by atoms with Crippen LogP contribution in [-0.2, 0) is 13.0 Å². The van der Waals surface area contributed by atoms with Crippen molar-refractivity contribution in [3.05, 3.63) is 23.7 Å². The van der Waals surface area contributed by atoms with Crippen LogP contribution in [0.4, 0.5) is 0 Å². The SMILES string of the molecule is CC(C)Cc1ccc(CNC2CC2)o1. The van der Waals surface area contributed by atoms with Crippen LogP contribution in [0.25, 0.3) is 0 Å². The second-order valence-electron chi connectivity index (χ2n) is 4.62. The van der Waals surface area contributed by atoms with Crippen LogP contribution in [0.5, 0.6) is 0 Å². The molecule has 1 N–H and O–H groups in total. The highest BCUT2D eigenvalue weighted by atomic mass is 16.3. The van der Waals surface area contributed by atoms with Crippen molar-refractivity contribution in [1.82, 2.24) is 5.32 Å². The third-order valence-corrected chi connectivity index (χ3v) is 2.47. The van der Waals surface area contributed by atoms with E-state index < -0.39 is 0 Å². The van der Waals surface area contributed by atoms with Gasteiger partial charge in [0.15, 0.2) is 0 Å². The third kappa shape index (κ3) is 2.88. The number of hydrogen-bond donors (Lipinski definition) is 1. The van der Waals surface area contributed by atoms with Crippen LogP contribution in [-0.4, -0.2) is 6.04 Å². The van der Waals surface area contributed by atoms with Crippen molar-refractivity contribution in [2.45, 2.75) is 45.7 Å². The van der Waals surface area contributed by atoms with Crippen LogP contribution >= 0.6 is 0 Å². The van der Waals surface area contributed by atoms with Gasteiger partial charge in [0.05, 0.1) is 6.54 Å². The van der Waals surface area contributed by atoms with Crippen LogP contribution in [0.15, 0.2) is 16.5 Å². The average Bonchev–Trinajstić information content (AvgIpc) is 2.84. The molecule has 78 valence electrons. The van der Waals surface area contributed by atoms with Gasteiger partial charge in [0.1, 0.15) is 11.5 Å². The predicted molar refractivity (Wildman–Crippen MR) is 57.1 cm³/mol. The summed E-state index contributed by atoms with van der Waals surface area (Å²) < 4.78 is 5.71. The van der Waals surface area contributed by atoms with Gasteiger partial charge in [-0.25, -0.2) is 0 Å². The van der Waals surface area contributed by atoms with Crippen molar-refractivity contribution in [3.8, 4) is 0 Å². The first kappa shape index (κ1) is 9.78. The summed E-state index contributed by atoms with van der Waals surface area (Å²) >= 11 is 0. The topological polar surface area (TPSA) is 25.2 Å². The van der Waals surface area contributed by atoms with Crippen LogP contribution in [0.2, 0.25) is 0 Å². The summed E-state index contributed by atoms with van der Waals surface area (Å²) in [5.74, 6) is 2.87. The maximum Gasteiger partial charge on any atom is 0.117 e. The molecule has 1 aromatic rings. The fourth-order valence-electron chi connectivity index (χ4n) is 1.56. The molecule has 1 aliphatic carbocycles. The number of furan rings is 1. The first-order chi connectivity index (χ1) is 6.74. The maximum atomic E-state index is 5.71. The molecule has 0 bridgehead atoms. The van der Waals surface area contributed by atoms with Gasteiger partial charge in [0.2, 0.25) is 0 Å². The van der Waals surface area contributed by atoms with Gasteiger partial charge >= 0.3 is 0 Å².